The first-order valence-electron chi connectivity index (χ1n) is 8.19. The van der Waals surface area contributed by atoms with Gasteiger partial charge in [-0.15, -0.1) is 0 Å². The van der Waals surface area contributed by atoms with Crippen LogP contribution in [0.2, 0.25) is 0 Å². The molecule has 1 aliphatic rings. The number of rotatable bonds is 6. The SMILES string of the molecule is CCCNC(=O)N1CCN(S(=O)(=O)c2ccc(OC)c(OC)c2)CC1. The topological polar surface area (TPSA) is 88.2 Å². The fraction of sp³-hybridized carbons (Fsp3) is 0.562. The second-order valence-corrected chi connectivity index (χ2v) is 7.58. The van der Waals surface area contributed by atoms with Gasteiger partial charge in [0.05, 0.1) is 19.1 Å². The van der Waals surface area contributed by atoms with Gasteiger partial charge in [-0.1, -0.05) is 6.92 Å². The van der Waals surface area contributed by atoms with E-state index in [1.165, 1.54) is 30.7 Å². The molecule has 0 bridgehead atoms. The summed E-state index contributed by atoms with van der Waals surface area (Å²) in [6.45, 7) is 3.84. The molecular weight excluding hydrogens is 346 g/mol. The van der Waals surface area contributed by atoms with Crippen LogP contribution in [0.25, 0.3) is 0 Å². The Hall–Kier alpha value is -2.00. The highest BCUT2D eigenvalue weighted by atomic mass is 32.2. The van der Waals surface area contributed by atoms with Crippen molar-refractivity contribution >= 4 is 16.1 Å². The Labute approximate surface area is 148 Å². The number of benzene rings is 1. The van der Waals surface area contributed by atoms with Gasteiger partial charge in [0.1, 0.15) is 0 Å². The Morgan fingerprint density at radius 2 is 1.76 bits per heavy atom. The molecule has 1 N–H and O–H groups in total. The molecule has 9 heteroatoms. The van der Waals surface area contributed by atoms with Crippen LogP contribution in [0.3, 0.4) is 0 Å². The van der Waals surface area contributed by atoms with Gasteiger partial charge >= 0.3 is 6.03 Å². The second kappa shape index (κ2) is 8.39. The van der Waals surface area contributed by atoms with E-state index in [0.29, 0.717) is 31.1 Å². The number of hydrogen-bond acceptors (Lipinski definition) is 5. The Balaban J connectivity index is 2.08. The van der Waals surface area contributed by atoms with E-state index in [9.17, 15) is 13.2 Å². The Morgan fingerprint density at radius 1 is 1.12 bits per heavy atom. The predicted octanol–water partition coefficient (Wildman–Crippen LogP) is 1.13. The summed E-state index contributed by atoms with van der Waals surface area (Å²) in [5.41, 5.74) is 0. The Bertz CT molecular complexity index is 700. The Kier molecular flexibility index (Phi) is 6.49. The molecule has 0 radical (unpaired) electrons. The highest BCUT2D eigenvalue weighted by molar-refractivity contribution is 7.89. The molecule has 1 aromatic carbocycles. The van der Waals surface area contributed by atoms with Crippen molar-refractivity contribution < 1.29 is 22.7 Å². The molecule has 0 spiro atoms. The molecule has 25 heavy (non-hydrogen) atoms. The quantitative estimate of drug-likeness (QED) is 0.810. The minimum Gasteiger partial charge on any atom is -0.493 e. The maximum atomic E-state index is 12.8. The summed E-state index contributed by atoms with van der Waals surface area (Å²) >= 11 is 0. The third-order valence-electron chi connectivity index (χ3n) is 4.04. The molecule has 1 heterocycles. The highest BCUT2D eigenvalue weighted by Gasteiger charge is 2.30. The van der Waals surface area contributed by atoms with E-state index in [1.54, 1.807) is 11.0 Å². The minimum absolute atomic E-state index is 0.147. The van der Waals surface area contributed by atoms with Crippen LogP contribution >= 0.6 is 0 Å². The van der Waals surface area contributed by atoms with Crippen LogP contribution in [-0.4, -0.2) is 70.6 Å². The van der Waals surface area contributed by atoms with Gasteiger partial charge in [-0.25, -0.2) is 13.2 Å². The van der Waals surface area contributed by atoms with Crippen LogP contribution in [-0.2, 0) is 10.0 Å². The summed E-state index contributed by atoms with van der Waals surface area (Å²) in [6, 6.07) is 4.37. The van der Waals surface area contributed by atoms with E-state index in [2.05, 4.69) is 5.32 Å². The average molecular weight is 371 g/mol. The lowest BCUT2D eigenvalue weighted by molar-refractivity contribution is 0.172. The van der Waals surface area contributed by atoms with Gasteiger partial charge in [-0.05, 0) is 18.6 Å². The summed E-state index contributed by atoms with van der Waals surface area (Å²) in [5, 5.41) is 2.80. The monoisotopic (exact) mass is 371 g/mol. The van der Waals surface area contributed by atoms with E-state index >= 15 is 0 Å². The Morgan fingerprint density at radius 3 is 2.32 bits per heavy atom. The van der Waals surface area contributed by atoms with E-state index in [0.717, 1.165) is 6.42 Å². The van der Waals surface area contributed by atoms with Gasteiger partial charge in [0.2, 0.25) is 10.0 Å². The molecule has 140 valence electrons. The van der Waals surface area contributed by atoms with Gasteiger partial charge < -0.3 is 19.7 Å². The molecule has 1 fully saturated rings. The zero-order valence-electron chi connectivity index (χ0n) is 14.8. The van der Waals surface area contributed by atoms with Gasteiger partial charge in [-0.3, -0.25) is 0 Å². The number of carbonyl (C=O) groups excluding carboxylic acids is 1. The number of ether oxygens (including phenoxy) is 2. The lowest BCUT2D eigenvalue weighted by Gasteiger charge is -2.34. The summed E-state index contributed by atoms with van der Waals surface area (Å²) < 4.78 is 37.3. The number of piperazine rings is 1. The molecule has 2 amide bonds. The predicted molar refractivity (Wildman–Crippen MR) is 93.6 cm³/mol. The normalized spacial score (nSPS) is 15.7. The molecule has 1 aliphatic heterocycles. The van der Waals surface area contributed by atoms with Crippen molar-refractivity contribution in [2.75, 3.05) is 46.9 Å². The van der Waals surface area contributed by atoms with E-state index in [-0.39, 0.29) is 24.0 Å². The van der Waals surface area contributed by atoms with E-state index in [1.807, 2.05) is 6.92 Å². The van der Waals surface area contributed by atoms with Crippen LogP contribution in [0.4, 0.5) is 4.79 Å². The number of urea groups is 1. The van der Waals surface area contributed by atoms with Crippen LogP contribution in [0, 0.1) is 0 Å². The number of hydrogen-bond donors (Lipinski definition) is 1. The average Bonchev–Trinajstić information content (AvgIpc) is 2.65. The lowest BCUT2D eigenvalue weighted by atomic mass is 10.3. The van der Waals surface area contributed by atoms with Crippen LogP contribution in [0.5, 0.6) is 11.5 Å². The number of nitrogens with zero attached hydrogens (tertiary/aromatic N) is 2. The van der Waals surface area contributed by atoms with Crippen LogP contribution < -0.4 is 14.8 Å². The number of sulfonamides is 1. The van der Waals surface area contributed by atoms with Crippen LogP contribution in [0.1, 0.15) is 13.3 Å². The molecule has 0 unspecified atom stereocenters. The van der Waals surface area contributed by atoms with Crippen molar-refractivity contribution in [3.05, 3.63) is 18.2 Å². The van der Waals surface area contributed by atoms with Crippen molar-refractivity contribution in [2.45, 2.75) is 18.2 Å². The van der Waals surface area contributed by atoms with Crippen LogP contribution in [0.15, 0.2) is 23.1 Å². The highest BCUT2D eigenvalue weighted by Crippen LogP contribution is 2.30. The van der Waals surface area contributed by atoms with E-state index < -0.39 is 10.0 Å². The molecular formula is C16H25N3O5S. The maximum absolute atomic E-state index is 12.8. The summed E-state index contributed by atoms with van der Waals surface area (Å²) in [5.74, 6) is 0.833. The van der Waals surface area contributed by atoms with Crippen molar-refractivity contribution in [1.82, 2.24) is 14.5 Å². The number of methoxy groups -OCH3 is 2. The smallest absolute Gasteiger partial charge is 0.317 e. The van der Waals surface area contributed by atoms with Crippen molar-refractivity contribution in [3.8, 4) is 11.5 Å². The molecule has 8 nitrogen and oxygen atoms in total. The van der Waals surface area contributed by atoms with Gasteiger partial charge in [-0.2, -0.15) is 4.31 Å². The maximum Gasteiger partial charge on any atom is 0.317 e. The molecule has 0 aliphatic carbocycles. The standard InChI is InChI=1S/C16H25N3O5S/c1-4-7-17-16(20)18-8-10-19(11-9-18)25(21,22)13-5-6-14(23-2)15(12-13)24-3/h5-6,12H,4,7-11H2,1-3H3,(H,17,20). The van der Waals surface area contributed by atoms with Gasteiger partial charge in [0, 0.05) is 38.8 Å². The molecule has 2 rings (SSSR count). The molecule has 0 aromatic heterocycles. The third-order valence-corrected chi connectivity index (χ3v) is 5.94. The fourth-order valence-corrected chi connectivity index (χ4v) is 4.04. The second-order valence-electron chi connectivity index (χ2n) is 5.64. The fourth-order valence-electron chi connectivity index (χ4n) is 2.60. The summed E-state index contributed by atoms with van der Waals surface area (Å²) in [6.07, 6.45) is 0.861. The molecule has 1 aromatic rings. The molecule has 0 atom stereocenters. The minimum atomic E-state index is -3.65. The first-order chi connectivity index (χ1) is 11.9. The third kappa shape index (κ3) is 4.35. The van der Waals surface area contributed by atoms with Crippen molar-refractivity contribution in [1.29, 1.82) is 0 Å². The van der Waals surface area contributed by atoms with Gasteiger partial charge in [0.25, 0.3) is 0 Å². The van der Waals surface area contributed by atoms with Gasteiger partial charge in [0.15, 0.2) is 11.5 Å². The zero-order chi connectivity index (χ0) is 18.4. The number of nitrogens with one attached hydrogen (secondary N) is 1. The number of carbonyl (C=O) groups is 1. The summed E-state index contributed by atoms with van der Waals surface area (Å²) in [4.78, 5) is 13.7. The van der Waals surface area contributed by atoms with Crippen molar-refractivity contribution in [3.63, 3.8) is 0 Å². The zero-order valence-corrected chi connectivity index (χ0v) is 15.6. The first kappa shape index (κ1) is 19.3. The molecule has 1 saturated heterocycles. The van der Waals surface area contributed by atoms with E-state index in [4.69, 9.17) is 9.47 Å². The lowest BCUT2D eigenvalue weighted by Crippen LogP contribution is -2.53. The largest absolute Gasteiger partial charge is 0.493 e. The summed E-state index contributed by atoms with van der Waals surface area (Å²) in [7, 11) is -0.691. The first-order valence-corrected chi connectivity index (χ1v) is 9.63. The number of amides is 2. The molecule has 0 saturated carbocycles. The van der Waals surface area contributed by atoms with Crippen molar-refractivity contribution in [2.24, 2.45) is 0 Å².